The number of rotatable bonds is 4. The molecule has 20 heavy (non-hydrogen) atoms. The normalized spacial score (nSPS) is 12.4. The largest absolute Gasteiger partial charge is 0.317 e. The zero-order valence-corrected chi connectivity index (χ0v) is 11.6. The molecule has 0 saturated heterocycles. The molecule has 0 fully saturated rings. The summed E-state index contributed by atoms with van der Waals surface area (Å²) in [5, 5.41) is 2.95. The monoisotopic (exact) mass is 282 g/mol. The molecule has 0 radical (unpaired) electrons. The van der Waals surface area contributed by atoms with Gasteiger partial charge >= 0.3 is 0 Å². The smallest absolute Gasteiger partial charge is 0.159 e. The number of para-hydroxylation sites is 1. The molecule has 100 valence electrons. The van der Waals surface area contributed by atoms with E-state index in [4.69, 9.17) is 5.73 Å². The summed E-state index contributed by atoms with van der Waals surface area (Å²) < 4.78 is 0. The Morgan fingerprint density at radius 1 is 1.20 bits per heavy atom. The van der Waals surface area contributed by atoms with Crippen LogP contribution in [-0.2, 0) is 11.2 Å². The van der Waals surface area contributed by atoms with Crippen molar-refractivity contribution in [2.75, 3.05) is 0 Å². The van der Waals surface area contributed by atoms with Crippen LogP contribution in [0.2, 0.25) is 0 Å². The highest BCUT2D eigenvalue weighted by Gasteiger charge is 2.17. The molecular formula is C16H14N2OS. The van der Waals surface area contributed by atoms with Crippen molar-refractivity contribution in [3.05, 3.63) is 64.5 Å². The summed E-state index contributed by atoms with van der Waals surface area (Å²) in [5.74, 6) is 0.0313. The van der Waals surface area contributed by atoms with Crippen molar-refractivity contribution < 1.29 is 4.79 Å². The highest BCUT2D eigenvalue weighted by Crippen LogP contribution is 2.22. The van der Waals surface area contributed by atoms with E-state index >= 15 is 0 Å². The number of fused-ring (bicyclic) bond motifs is 1. The second-order valence-electron chi connectivity index (χ2n) is 4.62. The Morgan fingerprint density at radius 2 is 2.05 bits per heavy atom. The first kappa shape index (κ1) is 13.0. The lowest BCUT2D eigenvalue weighted by atomic mass is 10.0. The van der Waals surface area contributed by atoms with Crippen molar-refractivity contribution in [1.82, 2.24) is 4.98 Å². The topological polar surface area (TPSA) is 56.0 Å². The van der Waals surface area contributed by atoms with Gasteiger partial charge in [-0.3, -0.25) is 9.78 Å². The summed E-state index contributed by atoms with van der Waals surface area (Å²) in [7, 11) is 0. The fourth-order valence-electron chi connectivity index (χ4n) is 2.23. The third-order valence-electron chi connectivity index (χ3n) is 3.30. The van der Waals surface area contributed by atoms with Gasteiger partial charge in [0.1, 0.15) is 0 Å². The molecule has 0 amide bonds. The number of ketones is 1. The molecule has 0 bridgehead atoms. The number of benzene rings is 1. The Bertz CT molecular complexity index is 732. The lowest BCUT2D eigenvalue weighted by Gasteiger charge is -2.10. The van der Waals surface area contributed by atoms with Gasteiger partial charge in [0.15, 0.2) is 5.78 Å². The molecule has 4 heteroatoms. The number of Topliss-reactive ketones (excluding diaryl/α,β-unsaturated/α-hetero) is 1. The van der Waals surface area contributed by atoms with Crippen molar-refractivity contribution in [3.63, 3.8) is 0 Å². The molecule has 3 rings (SSSR count). The van der Waals surface area contributed by atoms with Crippen LogP contribution in [0.15, 0.2) is 54.0 Å². The fraction of sp³-hybridized carbons (Fsp3) is 0.125. The van der Waals surface area contributed by atoms with Gasteiger partial charge < -0.3 is 5.73 Å². The maximum absolute atomic E-state index is 12.3. The van der Waals surface area contributed by atoms with Crippen molar-refractivity contribution >= 4 is 28.0 Å². The van der Waals surface area contributed by atoms with Crippen molar-refractivity contribution in [1.29, 1.82) is 0 Å². The van der Waals surface area contributed by atoms with Crippen LogP contribution in [0.4, 0.5) is 0 Å². The average Bonchev–Trinajstić information content (AvgIpc) is 3.01. The number of hydrogen-bond donors (Lipinski definition) is 1. The number of carbonyl (C=O) groups is 1. The molecule has 1 unspecified atom stereocenters. The first-order chi connectivity index (χ1) is 9.75. The second-order valence-corrected chi connectivity index (χ2v) is 5.60. The molecule has 0 spiro atoms. The maximum atomic E-state index is 12.3. The van der Waals surface area contributed by atoms with Gasteiger partial charge in [-0.05, 0) is 29.1 Å². The highest BCUT2D eigenvalue weighted by atomic mass is 32.1. The molecule has 2 N–H and O–H groups in total. The Labute approximate surface area is 121 Å². The van der Waals surface area contributed by atoms with E-state index in [1.165, 1.54) is 11.3 Å². The fourth-order valence-corrected chi connectivity index (χ4v) is 2.98. The summed E-state index contributed by atoms with van der Waals surface area (Å²) in [6.07, 6.45) is 2.07. The van der Waals surface area contributed by atoms with Crippen molar-refractivity contribution in [3.8, 4) is 0 Å². The third-order valence-corrected chi connectivity index (χ3v) is 4.26. The highest BCUT2D eigenvalue weighted by molar-refractivity contribution is 7.10. The first-order valence-corrected chi connectivity index (χ1v) is 7.28. The molecule has 1 aromatic carbocycles. The Morgan fingerprint density at radius 3 is 2.85 bits per heavy atom. The zero-order valence-electron chi connectivity index (χ0n) is 10.8. The van der Waals surface area contributed by atoms with Crippen LogP contribution in [-0.4, -0.2) is 10.8 Å². The quantitative estimate of drug-likeness (QED) is 0.800. The number of nitrogens with zero attached hydrogens (tertiary/aromatic N) is 1. The van der Waals surface area contributed by atoms with Crippen LogP contribution < -0.4 is 5.73 Å². The lowest BCUT2D eigenvalue weighted by molar-refractivity contribution is -0.119. The Hall–Kier alpha value is -2.04. The summed E-state index contributed by atoms with van der Waals surface area (Å²) in [5.41, 5.74) is 7.90. The summed E-state index contributed by atoms with van der Waals surface area (Å²) in [4.78, 5) is 17.5. The summed E-state index contributed by atoms with van der Waals surface area (Å²) in [6.45, 7) is 0. The molecule has 1 atom stereocenters. The molecule has 3 nitrogen and oxygen atoms in total. The zero-order chi connectivity index (χ0) is 13.9. The van der Waals surface area contributed by atoms with Gasteiger partial charge in [-0.2, -0.15) is 0 Å². The van der Waals surface area contributed by atoms with Crippen LogP contribution >= 0.6 is 11.3 Å². The molecular weight excluding hydrogens is 268 g/mol. The maximum Gasteiger partial charge on any atom is 0.159 e. The second kappa shape index (κ2) is 5.53. The predicted molar refractivity (Wildman–Crippen MR) is 81.7 cm³/mol. The lowest BCUT2D eigenvalue weighted by Crippen LogP contribution is -2.22. The third kappa shape index (κ3) is 2.48. The predicted octanol–water partition coefficient (Wildman–Crippen LogP) is 3.11. The summed E-state index contributed by atoms with van der Waals surface area (Å²) in [6, 6.07) is 13.0. The van der Waals surface area contributed by atoms with Crippen molar-refractivity contribution in [2.45, 2.75) is 12.5 Å². The molecule has 2 aromatic heterocycles. The van der Waals surface area contributed by atoms with E-state index in [0.717, 1.165) is 21.3 Å². The number of carbonyl (C=O) groups excluding carboxylic acids is 1. The molecule has 3 aromatic rings. The van der Waals surface area contributed by atoms with Gasteiger partial charge in [-0.25, -0.2) is 0 Å². The minimum absolute atomic E-state index is 0.0313. The van der Waals surface area contributed by atoms with Crippen LogP contribution in [0.1, 0.15) is 16.5 Å². The molecule has 0 aliphatic carbocycles. The Balaban J connectivity index is 1.88. The minimum Gasteiger partial charge on any atom is -0.317 e. The van der Waals surface area contributed by atoms with Gasteiger partial charge in [0.05, 0.1) is 11.6 Å². The van der Waals surface area contributed by atoms with E-state index in [2.05, 4.69) is 4.98 Å². The van der Waals surface area contributed by atoms with Gasteiger partial charge in [0, 0.05) is 22.9 Å². The standard InChI is InChI=1S/C16H14N2OS/c17-16(15-6-3-9-20-15)14(19)10-11-7-8-18-13-5-2-1-4-12(11)13/h1-9,16H,10,17H2. The molecule has 2 heterocycles. The van der Waals surface area contributed by atoms with E-state index < -0.39 is 6.04 Å². The van der Waals surface area contributed by atoms with Gasteiger partial charge in [0.25, 0.3) is 0 Å². The van der Waals surface area contributed by atoms with E-state index in [0.29, 0.717) is 6.42 Å². The van der Waals surface area contributed by atoms with Crippen LogP contribution in [0.3, 0.4) is 0 Å². The van der Waals surface area contributed by atoms with E-state index in [1.807, 2.05) is 47.8 Å². The van der Waals surface area contributed by atoms with Crippen LogP contribution in [0.25, 0.3) is 10.9 Å². The van der Waals surface area contributed by atoms with Gasteiger partial charge in [-0.15, -0.1) is 11.3 Å². The summed E-state index contributed by atoms with van der Waals surface area (Å²) >= 11 is 1.52. The number of pyridine rings is 1. The van der Waals surface area contributed by atoms with E-state index in [-0.39, 0.29) is 5.78 Å². The first-order valence-electron chi connectivity index (χ1n) is 6.40. The van der Waals surface area contributed by atoms with Gasteiger partial charge in [-0.1, -0.05) is 24.3 Å². The SMILES string of the molecule is NC(C(=O)Cc1ccnc2ccccc12)c1cccs1. The number of aromatic nitrogens is 1. The molecule has 0 saturated carbocycles. The van der Waals surface area contributed by atoms with E-state index in [9.17, 15) is 4.79 Å². The Kier molecular flexibility index (Phi) is 3.58. The van der Waals surface area contributed by atoms with E-state index in [1.54, 1.807) is 6.20 Å². The average molecular weight is 282 g/mol. The number of thiophene rings is 1. The number of nitrogens with two attached hydrogens (primary N) is 1. The van der Waals surface area contributed by atoms with Crippen LogP contribution in [0, 0.1) is 0 Å². The minimum atomic E-state index is -0.540. The number of hydrogen-bond acceptors (Lipinski definition) is 4. The molecule has 0 aliphatic rings. The van der Waals surface area contributed by atoms with Crippen molar-refractivity contribution in [2.24, 2.45) is 5.73 Å². The molecule has 0 aliphatic heterocycles. The van der Waals surface area contributed by atoms with Crippen LogP contribution in [0.5, 0.6) is 0 Å². The van der Waals surface area contributed by atoms with Gasteiger partial charge in [0.2, 0.25) is 0 Å².